The van der Waals surface area contributed by atoms with Crippen molar-refractivity contribution in [2.24, 2.45) is 5.92 Å². The Morgan fingerprint density at radius 3 is 2.52 bits per heavy atom. The van der Waals surface area contributed by atoms with Crippen LogP contribution in [-0.4, -0.2) is 31.1 Å². The Hall–Kier alpha value is -2.55. The maximum absolute atomic E-state index is 12.8. The molecule has 0 saturated heterocycles. The summed E-state index contributed by atoms with van der Waals surface area (Å²) in [5, 5.41) is 3.94. The second-order valence-electron chi connectivity index (χ2n) is 5.83. The molecule has 1 rings (SSSR count). The molecule has 0 fully saturated rings. The van der Waals surface area contributed by atoms with Crippen molar-refractivity contribution in [3.63, 3.8) is 0 Å². The Kier molecular flexibility index (Phi) is 8.30. The van der Waals surface area contributed by atoms with E-state index in [-0.39, 0.29) is 11.5 Å². The van der Waals surface area contributed by atoms with Gasteiger partial charge in [-0.2, -0.15) is 13.2 Å². The van der Waals surface area contributed by atoms with Crippen LogP contribution >= 0.6 is 11.6 Å². The Bertz CT molecular complexity index is 733. The first-order chi connectivity index (χ1) is 12.5. The van der Waals surface area contributed by atoms with Gasteiger partial charge in [0, 0.05) is 12.6 Å². The minimum absolute atomic E-state index is 0.0705. The molecule has 6 nitrogen and oxygen atoms in total. The summed E-state index contributed by atoms with van der Waals surface area (Å²) in [6, 6.07) is 2.39. The minimum atomic E-state index is -4.63. The second kappa shape index (κ2) is 9.96. The van der Waals surface area contributed by atoms with Crippen molar-refractivity contribution in [3.05, 3.63) is 40.4 Å². The average molecular weight is 407 g/mol. The van der Waals surface area contributed by atoms with E-state index in [1.165, 1.54) is 6.07 Å². The number of esters is 1. The highest BCUT2D eigenvalue weighted by molar-refractivity contribution is 6.31. The smallest absolute Gasteiger partial charge is 0.417 e. The lowest BCUT2D eigenvalue weighted by Gasteiger charge is -2.09. The van der Waals surface area contributed by atoms with Gasteiger partial charge in [-0.05, 0) is 29.7 Å². The van der Waals surface area contributed by atoms with Gasteiger partial charge in [-0.15, -0.1) is 0 Å². The van der Waals surface area contributed by atoms with Crippen LogP contribution in [0.1, 0.15) is 25.0 Å². The van der Waals surface area contributed by atoms with Gasteiger partial charge in [0.05, 0.1) is 10.6 Å². The molecule has 1 aromatic carbocycles. The van der Waals surface area contributed by atoms with Crippen LogP contribution in [0.5, 0.6) is 0 Å². The van der Waals surface area contributed by atoms with E-state index in [1.807, 2.05) is 19.2 Å². The fourth-order valence-electron chi connectivity index (χ4n) is 1.72. The van der Waals surface area contributed by atoms with E-state index < -0.39 is 41.3 Å². The van der Waals surface area contributed by atoms with Crippen molar-refractivity contribution in [1.29, 1.82) is 0 Å². The highest BCUT2D eigenvalue weighted by Gasteiger charge is 2.33. The molecular weight excluding hydrogens is 389 g/mol. The highest BCUT2D eigenvalue weighted by Crippen LogP contribution is 2.35. The summed E-state index contributed by atoms with van der Waals surface area (Å²) in [4.78, 5) is 34.3. The monoisotopic (exact) mass is 406 g/mol. The summed E-state index contributed by atoms with van der Waals surface area (Å²) in [5.41, 5.74) is -0.965. The number of carbonyl (C=O) groups is 3. The van der Waals surface area contributed by atoms with Crippen LogP contribution in [0.15, 0.2) is 24.3 Å². The quantitative estimate of drug-likeness (QED) is 0.560. The van der Waals surface area contributed by atoms with Gasteiger partial charge >= 0.3 is 18.2 Å². The van der Waals surface area contributed by atoms with Crippen molar-refractivity contribution in [1.82, 2.24) is 10.6 Å². The summed E-state index contributed by atoms with van der Waals surface area (Å²) in [7, 11) is 0. The number of carbonyl (C=O) groups excluding carboxylic acids is 3. The molecule has 3 amide bonds. The van der Waals surface area contributed by atoms with Gasteiger partial charge in [-0.3, -0.25) is 10.1 Å². The fourth-order valence-corrected chi connectivity index (χ4v) is 1.94. The summed E-state index contributed by atoms with van der Waals surface area (Å²) in [6.45, 7) is 3.39. The summed E-state index contributed by atoms with van der Waals surface area (Å²) in [6.07, 6.45) is -2.69. The molecule has 10 heteroatoms. The molecular formula is C17H18ClF3N2O4. The molecule has 0 radical (unpaired) electrons. The molecule has 148 valence electrons. The summed E-state index contributed by atoms with van der Waals surface area (Å²) >= 11 is 5.50. The Morgan fingerprint density at radius 1 is 1.26 bits per heavy atom. The number of hydrogen-bond donors (Lipinski definition) is 2. The van der Waals surface area contributed by atoms with E-state index in [0.29, 0.717) is 6.54 Å². The predicted molar refractivity (Wildman–Crippen MR) is 92.8 cm³/mol. The van der Waals surface area contributed by atoms with Crippen molar-refractivity contribution in [2.45, 2.75) is 20.0 Å². The van der Waals surface area contributed by atoms with Gasteiger partial charge in [-0.1, -0.05) is 31.5 Å². The number of rotatable bonds is 6. The number of hydrogen-bond acceptors (Lipinski definition) is 4. The second-order valence-corrected chi connectivity index (χ2v) is 6.24. The van der Waals surface area contributed by atoms with Gasteiger partial charge in [0.2, 0.25) is 0 Å². The van der Waals surface area contributed by atoms with E-state index in [2.05, 4.69) is 10.1 Å². The van der Waals surface area contributed by atoms with Crippen molar-refractivity contribution in [2.75, 3.05) is 13.2 Å². The van der Waals surface area contributed by atoms with Gasteiger partial charge in [0.25, 0.3) is 5.91 Å². The van der Waals surface area contributed by atoms with Crippen molar-refractivity contribution < 1.29 is 32.3 Å². The Labute approximate surface area is 158 Å². The summed E-state index contributed by atoms with van der Waals surface area (Å²) in [5.74, 6) is -1.61. The number of imide groups is 1. The molecule has 0 atom stereocenters. The zero-order valence-electron chi connectivity index (χ0n) is 14.5. The Balaban J connectivity index is 2.53. The number of alkyl halides is 3. The first kappa shape index (κ1) is 22.5. The highest BCUT2D eigenvalue weighted by atomic mass is 35.5. The number of nitrogens with one attached hydrogen (secondary N) is 2. The molecule has 0 bridgehead atoms. The Morgan fingerprint density at radius 2 is 1.93 bits per heavy atom. The van der Waals surface area contributed by atoms with Crippen LogP contribution < -0.4 is 10.6 Å². The molecule has 0 aliphatic rings. The number of benzene rings is 1. The standard InChI is InChI=1S/C17H18ClF3N2O4/c1-10(2)8-22-16(26)23-14(24)9-27-15(25)6-4-11-3-5-13(18)12(7-11)17(19,20)21/h3-7,10H,8-9H2,1-2H3,(H2,22,23,24,26)/b6-4+. The largest absolute Gasteiger partial charge is 0.452 e. The normalized spacial score (nSPS) is 11.5. The van der Waals surface area contributed by atoms with Crippen molar-refractivity contribution >= 4 is 35.6 Å². The minimum Gasteiger partial charge on any atom is -0.452 e. The van der Waals surface area contributed by atoms with Crippen LogP contribution in [0.4, 0.5) is 18.0 Å². The molecule has 0 unspecified atom stereocenters. The average Bonchev–Trinajstić information content (AvgIpc) is 2.56. The van der Waals surface area contributed by atoms with Crippen LogP contribution in [0, 0.1) is 5.92 Å². The SMILES string of the molecule is CC(C)CNC(=O)NC(=O)COC(=O)/C=C/c1ccc(Cl)c(C(F)(F)F)c1. The van der Waals surface area contributed by atoms with Gasteiger partial charge in [0.15, 0.2) is 6.61 Å². The fraction of sp³-hybridized carbons (Fsp3) is 0.353. The third-order valence-corrected chi connectivity index (χ3v) is 3.31. The first-order valence-electron chi connectivity index (χ1n) is 7.78. The van der Waals surface area contributed by atoms with E-state index in [1.54, 1.807) is 0 Å². The topological polar surface area (TPSA) is 84.5 Å². The maximum atomic E-state index is 12.8. The molecule has 0 aliphatic carbocycles. The molecule has 1 aromatic rings. The number of amides is 3. The number of urea groups is 1. The van der Waals surface area contributed by atoms with E-state index in [4.69, 9.17) is 11.6 Å². The number of ether oxygens (including phenoxy) is 1. The van der Waals surface area contributed by atoms with Crippen LogP contribution in [0.3, 0.4) is 0 Å². The molecule has 0 heterocycles. The van der Waals surface area contributed by atoms with E-state index in [0.717, 1.165) is 24.3 Å². The predicted octanol–water partition coefficient (Wildman–Crippen LogP) is 3.40. The van der Waals surface area contributed by atoms with Crippen LogP contribution in [0.2, 0.25) is 5.02 Å². The van der Waals surface area contributed by atoms with Crippen LogP contribution in [0.25, 0.3) is 6.08 Å². The zero-order chi connectivity index (χ0) is 20.6. The lowest BCUT2D eigenvalue weighted by Crippen LogP contribution is -2.42. The van der Waals surface area contributed by atoms with E-state index in [9.17, 15) is 27.6 Å². The first-order valence-corrected chi connectivity index (χ1v) is 8.16. The molecule has 27 heavy (non-hydrogen) atoms. The lowest BCUT2D eigenvalue weighted by atomic mass is 10.1. The lowest BCUT2D eigenvalue weighted by molar-refractivity contribution is -0.143. The van der Waals surface area contributed by atoms with Gasteiger partial charge in [-0.25, -0.2) is 9.59 Å². The van der Waals surface area contributed by atoms with Crippen molar-refractivity contribution in [3.8, 4) is 0 Å². The molecule has 0 aromatic heterocycles. The van der Waals surface area contributed by atoms with Crippen LogP contribution in [-0.2, 0) is 20.5 Å². The van der Waals surface area contributed by atoms with E-state index >= 15 is 0 Å². The zero-order valence-corrected chi connectivity index (χ0v) is 15.3. The number of halogens is 4. The third kappa shape index (κ3) is 8.59. The molecule has 0 spiro atoms. The maximum Gasteiger partial charge on any atom is 0.417 e. The van der Waals surface area contributed by atoms with Gasteiger partial charge < -0.3 is 10.1 Å². The molecule has 0 aliphatic heterocycles. The molecule has 2 N–H and O–H groups in total. The van der Waals surface area contributed by atoms with Gasteiger partial charge in [0.1, 0.15) is 0 Å². The summed E-state index contributed by atoms with van der Waals surface area (Å²) < 4.78 is 42.9. The third-order valence-electron chi connectivity index (χ3n) is 2.98. The molecule has 0 saturated carbocycles.